The maximum absolute atomic E-state index is 15.6. The first-order valence-electron chi connectivity index (χ1n) is 11.6. The lowest BCUT2D eigenvalue weighted by Gasteiger charge is -2.16. The van der Waals surface area contributed by atoms with Gasteiger partial charge < -0.3 is 15.2 Å². The fourth-order valence-corrected chi connectivity index (χ4v) is 6.60. The molecule has 1 amide bonds. The number of carbonyl (C=O) groups excluding carboxylic acids is 2. The number of nitrogens with two attached hydrogens (primary N) is 1. The second kappa shape index (κ2) is 11.1. The lowest BCUT2D eigenvalue weighted by Crippen LogP contribution is -2.20. The van der Waals surface area contributed by atoms with Crippen LogP contribution in [0.15, 0.2) is 71.8 Å². The number of aromatic nitrogens is 1. The molecule has 0 unspecified atom stereocenters. The van der Waals surface area contributed by atoms with Crippen LogP contribution >= 0.6 is 0 Å². The molecule has 0 saturated carbocycles. The second-order valence-corrected chi connectivity index (χ2v) is 12.4. The summed E-state index contributed by atoms with van der Waals surface area (Å²) >= 11 is 0. The van der Waals surface area contributed by atoms with Crippen molar-refractivity contribution in [3.63, 3.8) is 0 Å². The number of primary amides is 1. The summed E-state index contributed by atoms with van der Waals surface area (Å²) < 4.78 is 93.2. The van der Waals surface area contributed by atoms with Gasteiger partial charge in [-0.2, -0.15) is 0 Å². The van der Waals surface area contributed by atoms with Crippen LogP contribution in [-0.2, 0) is 35.1 Å². The third kappa shape index (κ3) is 5.82. The van der Waals surface area contributed by atoms with Crippen molar-refractivity contribution in [3.8, 4) is 11.5 Å². The Balaban J connectivity index is 1.91. The summed E-state index contributed by atoms with van der Waals surface area (Å²) in [5, 5.41) is -0.0134. The molecule has 4 aromatic rings. The summed E-state index contributed by atoms with van der Waals surface area (Å²) in [5.74, 6) is -7.17. The van der Waals surface area contributed by atoms with Crippen LogP contribution in [0.4, 0.5) is 8.78 Å². The maximum Gasteiger partial charge on any atom is 0.321 e. The summed E-state index contributed by atoms with van der Waals surface area (Å²) in [4.78, 5) is 23.4. The van der Waals surface area contributed by atoms with Gasteiger partial charge in [-0.1, -0.05) is 18.2 Å². The van der Waals surface area contributed by atoms with Crippen LogP contribution in [0.2, 0.25) is 0 Å². The number of ether oxygens (including phenoxy) is 2. The van der Waals surface area contributed by atoms with Crippen LogP contribution in [0.3, 0.4) is 0 Å². The van der Waals surface area contributed by atoms with Crippen molar-refractivity contribution in [3.05, 3.63) is 89.6 Å². The van der Waals surface area contributed by atoms with Gasteiger partial charge in [-0.25, -0.2) is 29.6 Å². The largest absolute Gasteiger partial charge is 0.465 e. The Kier molecular flexibility index (Phi) is 7.93. The molecule has 2 N–H and O–H groups in total. The lowest BCUT2D eigenvalue weighted by molar-refractivity contribution is -0.139. The average Bonchev–Trinajstić information content (AvgIpc) is 3.31. The van der Waals surface area contributed by atoms with Gasteiger partial charge in [-0.15, -0.1) is 0 Å². The zero-order valence-corrected chi connectivity index (χ0v) is 22.5. The molecule has 0 atom stereocenters. The minimum absolute atomic E-state index is 0.0134. The van der Waals surface area contributed by atoms with E-state index in [1.165, 1.54) is 37.3 Å². The first-order chi connectivity index (χ1) is 18.8. The van der Waals surface area contributed by atoms with Gasteiger partial charge >= 0.3 is 5.97 Å². The predicted molar refractivity (Wildman–Crippen MR) is 140 cm³/mol. The molecule has 0 bridgehead atoms. The van der Waals surface area contributed by atoms with Crippen molar-refractivity contribution in [2.24, 2.45) is 5.73 Å². The molecule has 0 saturated heterocycles. The van der Waals surface area contributed by atoms with Crippen LogP contribution in [0.25, 0.3) is 10.9 Å². The first kappa shape index (κ1) is 28.7. The van der Waals surface area contributed by atoms with E-state index in [4.69, 9.17) is 15.2 Å². The SMILES string of the molecule is CCOC(=O)CS(=O)(=O)Cc1c(Oc2ccc(F)c(C(N)=O)c2)c(F)cc2c1ccn2S(=O)(=O)c1ccccc1. The minimum Gasteiger partial charge on any atom is -0.465 e. The number of esters is 1. The molecular formula is C26H22F2N2O8S2. The second-order valence-electron chi connectivity index (χ2n) is 8.47. The summed E-state index contributed by atoms with van der Waals surface area (Å²) in [6, 6.07) is 12.2. The Bertz CT molecular complexity index is 1840. The number of nitrogens with zero attached hydrogens (tertiary/aromatic N) is 1. The van der Waals surface area contributed by atoms with Crippen molar-refractivity contribution >= 4 is 42.6 Å². The van der Waals surface area contributed by atoms with E-state index in [-0.39, 0.29) is 33.7 Å². The Labute approximate surface area is 227 Å². The van der Waals surface area contributed by atoms with Gasteiger partial charge in [-0.3, -0.25) is 9.59 Å². The molecule has 0 fully saturated rings. The Hall–Kier alpha value is -4.30. The molecule has 14 heteroatoms. The van der Waals surface area contributed by atoms with Gasteiger partial charge in [0.1, 0.15) is 17.3 Å². The highest BCUT2D eigenvalue weighted by Gasteiger charge is 2.28. The van der Waals surface area contributed by atoms with Crippen LogP contribution in [-0.4, -0.2) is 45.0 Å². The number of sulfone groups is 1. The topological polar surface area (TPSA) is 152 Å². The van der Waals surface area contributed by atoms with E-state index in [9.17, 15) is 30.8 Å². The molecule has 0 spiro atoms. The van der Waals surface area contributed by atoms with E-state index in [2.05, 4.69) is 0 Å². The van der Waals surface area contributed by atoms with Crippen LogP contribution < -0.4 is 10.5 Å². The van der Waals surface area contributed by atoms with E-state index in [0.29, 0.717) is 0 Å². The van der Waals surface area contributed by atoms with Crippen LogP contribution in [0.5, 0.6) is 11.5 Å². The van der Waals surface area contributed by atoms with Crippen molar-refractivity contribution in [1.29, 1.82) is 0 Å². The number of halogens is 2. The zero-order valence-electron chi connectivity index (χ0n) is 20.8. The molecule has 0 aliphatic carbocycles. The molecule has 10 nitrogen and oxygen atoms in total. The molecule has 40 heavy (non-hydrogen) atoms. The van der Waals surface area contributed by atoms with Gasteiger partial charge in [-0.05, 0) is 43.3 Å². The minimum atomic E-state index is -4.30. The third-order valence-electron chi connectivity index (χ3n) is 5.70. The summed E-state index contributed by atoms with van der Waals surface area (Å²) in [6.45, 7) is 1.42. The highest BCUT2D eigenvalue weighted by Crippen LogP contribution is 2.38. The van der Waals surface area contributed by atoms with E-state index in [1.54, 1.807) is 6.07 Å². The number of benzene rings is 3. The monoisotopic (exact) mass is 592 g/mol. The number of carbonyl (C=O) groups is 2. The van der Waals surface area contributed by atoms with Gasteiger partial charge in [0.15, 0.2) is 21.4 Å². The van der Waals surface area contributed by atoms with Gasteiger partial charge in [0.2, 0.25) is 0 Å². The lowest BCUT2D eigenvalue weighted by atomic mass is 10.1. The van der Waals surface area contributed by atoms with Crippen molar-refractivity contribution in [1.82, 2.24) is 3.97 Å². The highest BCUT2D eigenvalue weighted by molar-refractivity contribution is 7.91. The van der Waals surface area contributed by atoms with Gasteiger partial charge in [0.25, 0.3) is 15.9 Å². The molecule has 0 radical (unpaired) electrons. The van der Waals surface area contributed by atoms with Crippen LogP contribution in [0.1, 0.15) is 22.8 Å². The number of hydrogen-bond acceptors (Lipinski definition) is 8. The highest BCUT2D eigenvalue weighted by atomic mass is 32.2. The molecule has 3 aromatic carbocycles. The Morgan fingerprint density at radius 3 is 2.30 bits per heavy atom. The first-order valence-corrected chi connectivity index (χ1v) is 14.9. The van der Waals surface area contributed by atoms with E-state index in [0.717, 1.165) is 34.4 Å². The third-order valence-corrected chi connectivity index (χ3v) is 8.81. The smallest absolute Gasteiger partial charge is 0.321 e. The van der Waals surface area contributed by atoms with Gasteiger partial charge in [0.05, 0.1) is 28.3 Å². The molecule has 4 rings (SSSR count). The van der Waals surface area contributed by atoms with Crippen molar-refractivity contribution < 1.29 is 44.7 Å². The van der Waals surface area contributed by atoms with E-state index < -0.39 is 66.2 Å². The van der Waals surface area contributed by atoms with Crippen LogP contribution in [0, 0.1) is 11.6 Å². The quantitative estimate of drug-likeness (QED) is 0.275. The molecular weight excluding hydrogens is 570 g/mol. The number of hydrogen-bond donors (Lipinski definition) is 1. The van der Waals surface area contributed by atoms with Gasteiger partial charge in [0, 0.05) is 23.2 Å². The molecule has 1 heterocycles. The van der Waals surface area contributed by atoms with Crippen molar-refractivity contribution in [2.75, 3.05) is 12.4 Å². The fraction of sp³-hybridized carbons (Fsp3) is 0.154. The normalized spacial score (nSPS) is 11.9. The molecule has 0 aliphatic heterocycles. The Morgan fingerprint density at radius 1 is 0.950 bits per heavy atom. The average molecular weight is 593 g/mol. The predicted octanol–water partition coefficient (Wildman–Crippen LogP) is 3.53. The standard InChI is InChI=1S/C26H22F2N2O8S2/c1-2-37-24(31)15-39(33,34)14-20-18-10-11-30(40(35,36)17-6-4-3-5-7-17)23(18)13-22(28)25(20)38-16-8-9-21(27)19(12-16)26(29)32/h3-13H,2,14-15H2,1H3,(H2,29,32). The molecule has 1 aromatic heterocycles. The maximum atomic E-state index is 15.6. The summed E-state index contributed by atoms with van der Waals surface area (Å²) in [6.07, 6.45) is 1.13. The van der Waals surface area contributed by atoms with E-state index in [1.807, 2.05) is 0 Å². The zero-order chi connectivity index (χ0) is 29.2. The number of rotatable bonds is 10. The summed E-state index contributed by atoms with van der Waals surface area (Å²) in [7, 11) is -8.52. The fourth-order valence-electron chi connectivity index (χ4n) is 3.97. The van der Waals surface area contributed by atoms with E-state index >= 15 is 4.39 Å². The van der Waals surface area contributed by atoms with Crippen molar-refractivity contribution in [2.45, 2.75) is 17.6 Å². The number of fused-ring (bicyclic) bond motifs is 1. The summed E-state index contributed by atoms with van der Waals surface area (Å²) in [5.41, 5.74) is 4.09. The molecule has 0 aliphatic rings. The molecule has 210 valence electrons. The Morgan fingerprint density at radius 2 is 1.65 bits per heavy atom. The number of amides is 1.